The molecule has 0 spiro atoms. The Labute approximate surface area is 169 Å². The molecule has 0 radical (unpaired) electrons. The Hall–Kier alpha value is -3.39. The van der Waals surface area contributed by atoms with E-state index < -0.39 is 10.0 Å². The molecule has 0 aliphatic rings. The molecule has 150 valence electrons. The van der Waals surface area contributed by atoms with Gasteiger partial charge in [-0.05, 0) is 60.5 Å². The van der Waals surface area contributed by atoms with Gasteiger partial charge in [0.25, 0.3) is 15.9 Å². The maximum atomic E-state index is 12.4. The second kappa shape index (κ2) is 9.20. The number of carbonyl (C=O) groups excluding carboxylic acids is 1. The topological polar surface area (TPSA) is 97.4 Å². The minimum Gasteiger partial charge on any atom is -0.484 e. The third-order valence-electron chi connectivity index (χ3n) is 4.06. The van der Waals surface area contributed by atoms with Crippen molar-refractivity contribution in [3.8, 4) is 5.75 Å². The molecule has 1 aromatic heterocycles. The second-order valence-electron chi connectivity index (χ2n) is 6.21. The van der Waals surface area contributed by atoms with Crippen LogP contribution in [0.5, 0.6) is 5.75 Å². The lowest BCUT2D eigenvalue weighted by atomic mass is 10.2. The largest absolute Gasteiger partial charge is 0.484 e. The number of carbonyl (C=O) groups is 1. The standard InChI is InChI=1S/C21H21N3O4S/c1-2-16-5-9-19(10-6-16)28-15-21(25)23-17-7-11-20(12-8-17)29(26,27)24-18-4-3-13-22-14-18/h3-14,24H,2,15H2,1H3,(H,23,25). The number of ether oxygens (including phenoxy) is 1. The Balaban J connectivity index is 1.56. The highest BCUT2D eigenvalue weighted by molar-refractivity contribution is 7.92. The van der Waals surface area contributed by atoms with Gasteiger partial charge in [-0.1, -0.05) is 19.1 Å². The van der Waals surface area contributed by atoms with Gasteiger partial charge in [-0.2, -0.15) is 0 Å². The summed E-state index contributed by atoms with van der Waals surface area (Å²) in [7, 11) is -3.74. The number of aromatic nitrogens is 1. The van der Waals surface area contributed by atoms with Gasteiger partial charge in [0.15, 0.2) is 6.61 Å². The van der Waals surface area contributed by atoms with Crippen LogP contribution in [-0.4, -0.2) is 25.9 Å². The number of hydrogen-bond donors (Lipinski definition) is 2. The van der Waals surface area contributed by atoms with E-state index in [0.717, 1.165) is 6.42 Å². The fraction of sp³-hybridized carbons (Fsp3) is 0.143. The maximum absolute atomic E-state index is 12.4. The number of pyridine rings is 1. The van der Waals surface area contributed by atoms with Crippen LogP contribution in [-0.2, 0) is 21.2 Å². The van der Waals surface area contributed by atoms with E-state index in [4.69, 9.17) is 4.74 Å². The zero-order chi connectivity index (χ0) is 20.7. The molecule has 2 aromatic carbocycles. The number of sulfonamides is 1. The molecule has 0 bridgehead atoms. The number of anilines is 2. The molecule has 1 amide bonds. The molecule has 0 atom stereocenters. The lowest BCUT2D eigenvalue weighted by Gasteiger charge is -2.10. The Morgan fingerprint density at radius 1 is 1.00 bits per heavy atom. The van der Waals surface area contributed by atoms with E-state index in [1.54, 1.807) is 18.3 Å². The van der Waals surface area contributed by atoms with Gasteiger partial charge in [-0.25, -0.2) is 8.42 Å². The number of aryl methyl sites for hydroxylation is 1. The van der Waals surface area contributed by atoms with E-state index in [0.29, 0.717) is 17.1 Å². The first-order valence-corrected chi connectivity index (χ1v) is 10.5. The molecular weight excluding hydrogens is 390 g/mol. The number of hydrogen-bond acceptors (Lipinski definition) is 5. The minimum absolute atomic E-state index is 0.0756. The molecule has 0 saturated heterocycles. The fourth-order valence-electron chi connectivity index (χ4n) is 2.52. The van der Waals surface area contributed by atoms with Gasteiger partial charge in [0.05, 0.1) is 16.8 Å². The van der Waals surface area contributed by atoms with E-state index in [1.807, 2.05) is 24.3 Å². The van der Waals surface area contributed by atoms with Gasteiger partial charge in [0.2, 0.25) is 0 Å². The first-order valence-electron chi connectivity index (χ1n) is 9.01. The summed E-state index contributed by atoms with van der Waals surface area (Å²) in [6.07, 6.45) is 3.91. The van der Waals surface area contributed by atoms with E-state index in [9.17, 15) is 13.2 Å². The SMILES string of the molecule is CCc1ccc(OCC(=O)Nc2ccc(S(=O)(=O)Nc3cccnc3)cc2)cc1. The highest BCUT2D eigenvalue weighted by Gasteiger charge is 2.14. The molecule has 7 nitrogen and oxygen atoms in total. The Bertz CT molecular complexity index is 1050. The van der Waals surface area contributed by atoms with Crippen molar-refractivity contribution in [3.05, 3.63) is 78.6 Å². The van der Waals surface area contributed by atoms with Gasteiger partial charge in [0.1, 0.15) is 5.75 Å². The molecule has 0 unspecified atom stereocenters. The smallest absolute Gasteiger partial charge is 0.262 e. The molecule has 29 heavy (non-hydrogen) atoms. The highest BCUT2D eigenvalue weighted by Crippen LogP contribution is 2.18. The van der Waals surface area contributed by atoms with E-state index >= 15 is 0 Å². The van der Waals surface area contributed by atoms with Crippen molar-refractivity contribution in [3.63, 3.8) is 0 Å². The molecule has 1 heterocycles. The molecule has 0 aliphatic carbocycles. The Kier molecular flexibility index (Phi) is 6.46. The number of rotatable bonds is 8. The van der Waals surface area contributed by atoms with Crippen molar-refractivity contribution in [2.75, 3.05) is 16.6 Å². The summed E-state index contributed by atoms with van der Waals surface area (Å²) < 4.78 is 32.7. The molecule has 0 fully saturated rings. The van der Waals surface area contributed by atoms with Gasteiger partial charge < -0.3 is 10.1 Å². The lowest BCUT2D eigenvalue weighted by Crippen LogP contribution is -2.20. The van der Waals surface area contributed by atoms with Crippen molar-refractivity contribution in [2.24, 2.45) is 0 Å². The van der Waals surface area contributed by atoms with Crippen LogP contribution in [0.3, 0.4) is 0 Å². The Morgan fingerprint density at radius 3 is 2.34 bits per heavy atom. The summed E-state index contributed by atoms with van der Waals surface area (Å²) in [6, 6.07) is 16.7. The normalized spacial score (nSPS) is 10.9. The molecule has 0 saturated carbocycles. The second-order valence-corrected chi connectivity index (χ2v) is 7.89. The quantitative estimate of drug-likeness (QED) is 0.592. The van der Waals surface area contributed by atoms with E-state index in [1.165, 1.54) is 36.0 Å². The van der Waals surface area contributed by atoms with Crippen molar-refractivity contribution in [2.45, 2.75) is 18.2 Å². The summed E-state index contributed by atoms with van der Waals surface area (Å²) in [5, 5.41) is 2.67. The zero-order valence-electron chi connectivity index (χ0n) is 15.8. The molecule has 0 aliphatic heterocycles. The lowest BCUT2D eigenvalue weighted by molar-refractivity contribution is -0.118. The number of amides is 1. The number of nitrogens with one attached hydrogen (secondary N) is 2. The summed E-state index contributed by atoms with van der Waals surface area (Å²) in [4.78, 5) is 16.0. The monoisotopic (exact) mass is 411 g/mol. The van der Waals surface area contributed by atoms with Crippen molar-refractivity contribution >= 4 is 27.3 Å². The average Bonchev–Trinajstić information content (AvgIpc) is 2.73. The van der Waals surface area contributed by atoms with Crippen molar-refractivity contribution in [1.82, 2.24) is 4.98 Å². The first-order chi connectivity index (χ1) is 14.0. The first kappa shape index (κ1) is 20.3. The molecule has 3 aromatic rings. The molecule has 8 heteroatoms. The number of benzene rings is 2. The predicted molar refractivity (Wildman–Crippen MR) is 111 cm³/mol. The van der Waals surface area contributed by atoms with Crippen molar-refractivity contribution in [1.29, 1.82) is 0 Å². The van der Waals surface area contributed by atoms with Crippen LogP contribution >= 0.6 is 0 Å². The van der Waals surface area contributed by atoms with Crippen LogP contribution in [0.2, 0.25) is 0 Å². The average molecular weight is 411 g/mol. The van der Waals surface area contributed by atoms with Crippen LogP contribution in [0.4, 0.5) is 11.4 Å². The molecular formula is C21H21N3O4S. The highest BCUT2D eigenvalue weighted by atomic mass is 32.2. The predicted octanol–water partition coefficient (Wildman–Crippen LogP) is 3.46. The van der Waals surface area contributed by atoms with E-state index in [-0.39, 0.29) is 17.4 Å². The van der Waals surface area contributed by atoms with Gasteiger partial charge >= 0.3 is 0 Å². The Morgan fingerprint density at radius 2 is 1.72 bits per heavy atom. The van der Waals surface area contributed by atoms with Crippen LogP contribution in [0.1, 0.15) is 12.5 Å². The van der Waals surface area contributed by atoms with Crippen LogP contribution in [0.25, 0.3) is 0 Å². The van der Waals surface area contributed by atoms with E-state index in [2.05, 4.69) is 21.9 Å². The molecule has 3 rings (SSSR count). The minimum atomic E-state index is -3.74. The third kappa shape index (κ3) is 5.79. The number of nitrogens with zero attached hydrogens (tertiary/aromatic N) is 1. The maximum Gasteiger partial charge on any atom is 0.262 e. The van der Waals surface area contributed by atoms with Crippen LogP contribution < -0.4 is 14.8 Å². The summed E-state index contributed by atoms with van der Waals surface area (Å²) in [5.74, 6) is 0.272. The van der Waals surface area contributed by atoms with Gasteiger partial charge in [0, 0.05) is 11.9 Å². The third-order valence-corrected chi connectivity index (χ3v) is 5.46. The summed E-state index contributed by atoms with van der Waals surface area (Å²) in [6.45, 7) is 1.92. The van der Waals surface area contributed by atoms with Crippen molar-refractivity contribution < 1.29 is 17.9 Å². The van der Waals surface area contributed by atoms with Crippen LogP contribution in [0.15, 0.2) is 78.0 Å². The van der Waals surface area contributed by atoms with Gasteiger partial charge in [-0.3, -0.25) is 14.5 Å². The van der Waals surface area contributed by atoms with Gasteiger partial charge in [-0.15, -0.1) is 0 Å². The molecule has 2 N–H and O–H groups in total. The van der Waals surface area contributed by atoms with Crippen LogP contribution in [0, 0.1) is 0 Å². The fourth-order valence-corrected chi connectivity index (χ4v) is 3.57. The summed E-state index contributed by atoms with van der Waals surface area (Å²) in [5.41, 5.74) is 2.03. The summed E-state index contributed by atoms with van der Waals surface area (Å²) >= 11 is 0. The zero-order valence-corrected chi connectivity index (χ0v) is 16.6.